The summed E-state index contributed by atoms with van der Waals surface area (Å²) in [5.74, 6) is 0.974. The molecule has 0 aromatic heterocycles. The maximum atomic E-state index is 5.52. The number of benzene rings is 1. The van der Waals surface area contributed by atoms with Gasteiger partial charge >= 0.3 is 0 Å². The van der Waals surface area contributed by atoms with E-state index in [1.807, 2.05) is 6.92 Å². The van der Waals surface area contributed by atoms with Crippen LogP contribution in [0.1, 0.15) is 32.6 Å². The van der Waals surface area contributed by atoms with Crippen LogP contribution < -0.4 is 15.0 Å². The van der Waals surface area contributed by atoms with Gasteiger partial charge in [-0.15, -0.1) is 0 Å². The molecule has 0 amide bonds. The Hall–Kier alpha value is -1.22. The SMILES string of the molecule is CCOc1ccc(N2CCN[C@H]3CCCC[C@H]32)cc1. The Labute approximate surface area is 115 Å². The first-order valence-corrected chi connectivity index (χ1v) is 7.61. The predicted octanol–water partition coefficient (Wildman–Crippen LogP) is 2.81. The summed E-state index contributed by atoms with van der Waals surface area (Å²) >= 11 is 0. The van der Waals surface area contributed by atoms with Crippen molar-refractivity contribution in [3.63, 3.8) is 0 Å². The highest BCUT2D eigenvalue weighted by atomic mass is 16.5. The summed E-state index contributed by atoms with van der Waals surface area (Å²) in [5, 5.41) is 3.69. The van der Waals surface area contributed by atoms with Crippen molar-refractivity contribution in [2.24, 2.45) is 0 Å². The zero-order valence-electron chi connectivity index (χ0n) is 11.8. The highest BCUT2D eigenvalue weighted by molar-refractivity contribution is 5.51. The van der Waals surface area contributed by atoms with Crippen LogP contribution in [-0.2, 0) is 0 Å². The van der Waals surface area contributed by atoms with Gasteiger partial charge in [0.25, 0.3) is 0 Å². The van der Waals surface area contributed by atoms with Gasteiger partial charge in [0.2, 0.25) is 0 Å². The van der Waals surface area contributed by atoms with Gasteiger partial charge in [0.1, 0.15) is 5.75 Å². The lowest BCUT2D eigenvalue weighted by molar-refractivity contribution is 0.284. The van der Waals surface area contributed by atoms with Crippen LogP contribution in [0.25, 0.3) is 0 Å². The van der Waals surface area contributed by atoms with E-state index in [2.05, 4.69) is 34.5 Å². The monoisotopic (exact) mass is 260 g/mol. The number of nitrogens with zero attached hydrogens (tertiary/aromatic N) is 1. The van der Waals surface area contributed by atoms with Crippen molar-refractivity contribution < 1.29 is 4.74 Å². The highest BCUT2D eigenvalue weighted by Crippen LogP contribution is 2.30. The molecule has 1 saturated carbocycles. The molecule has 19 heavy (non-hydrogen) atoms. The number of fused-ring (bicyclic) bond motifs is 1. The molecular weight excluding hydrogens is 236 g/mol. The highest BCUT2D eigenvalue weighted by Gasteiger charge is 2.32. The smallest absolute Gasteiger partial charge is 0.119 e. The molecule has 0 spiro atoms. The van der Waals surface area contributed by atoms with E-state index in [9.17, 15) is 0 Å². The van der Waals surface area contributed by atoms with Crippen LogP contribution in [0.3, 0.4) is 0 Å². The number of hydrogen-bond donors (Lipinski definition) is 1. The summed E-state index contributed by atoms with van der Waals surface area (Å²) in [5.41, 5.74) is 1.35. The minimum absolute atomic E-state index is 0.681. The van der Waals surface area contributed by atoms with Crippen molar-refractivity contribution in [3.05, 3.63) is 24.3 Å². The average Bonchev–Trinajstić information content (AvgIpc) is 2.48. The molecule has 0 bridgehead atoms. The fourth-order valence-corrected chi connectivity index (χ4v) is 3.48. The van der Waals surface area contributed by atoms with E-state index >= 15 is 0 Å². The average molecular weight is 260 g/mol. The second-order valence-corrected chi connectivity index (χ2v) is 5.53. The number of rotatable bonds is 3. The Bertz CT molecular complexity index is 402. The quantitative estimate of drug-likeness (QED) is 0.904. The summed E-state index contributed by atoms with van der Waals surface area (Å²) in [6, 6.07) is 9.98. The van der Waals surface area contributed by atoms with Crippen LogP contribution in [0.2, 0.25) is 0 Å². The summed E-state index contributed by atoms with van der Waals surface area (Å²) in [6.45, 7) is 4.98. The summed E-state index contributed by atoms with van der Waals surface area (Å²) in [6.07, 6.45) is 5.41. The molecule has 1 aliphatic carbocycles. The van der Waals surface area contributed by atoms with E-state index in [0.717, 1.165) is 25.4 Å². The van der Waals surface area contributed by atoms with Gasteiger partial charge in [0.05, 0.1) is 6.61 Å². The summed E-state index contributed by atoms with van der Waals surface area (Å²) in [4.78, 5) is 2.59. The third-order valence-electron chi connectivity index (χ3n) is 4.37. The van der Waals surface area contributed by atoms with Crippen LogP contribution in [0.4, 0.5) is 5.69 Å². The maximum absolute atomic E-state index is 5.52. The minimum atomic E-state index is 0.681. The van der Waals surface area contributed by atoms with Gasteiger partial charge in [-0.2, -0.15) is 0 Å². The van der Waals surface area contributed by atoms with Crippen LogP contribution >= 0.6 is 0 Å². The predicted molar refractivity (Wildman–Crippen MR) is 79.0 cm³/mol. The van der Waals surface area contributed by atoms with Gasteiger partial charge in [-0.1, -0.05) is 12.8 Å². The number of nitrogens with one attached hydrogen (secondary N) is 1. The van der Waals surface area contributed by atoms with Gasteiger partial charge in [0.15, 0.2) is 0 Å². The topological polar surface area (TPSA) is 24.5 Å². The molecule has 1 aliphatic heterocycles. The van der Waals surface area contributed by atoms with Crippen molar-refractivity contribution in [1.82, 2.24) is 5.32 Å². The molecule has 2 aliphatic rings. The molecule has 2 atom stereocenters. The first kappa shape index (κ1) is 12.8. The number of hydrogen-bond acceptors (Lipinski definition) is 3. The Kier molecular flexibility index (Phi) is 3.92. The normalized spacial score (nSPS) is 26.9. The first-order chi connectivity index (χ1) is 9.38. The first-order valence-electron chi connectivity index (χ1n) is 7.61. The van der Waals surface area contributed by atoms with Gasteiger partial charge in [0, 0.05) is 30.9 Å². The third-order valence-corrected chi connectivity index (χ3v) is 4.37. The van der Waals surface area contributed by atoms with Gasteiger partial charge in [-0.3, -0.25) is 0 Å². The Morgan fingerprint density at radius 3 is 2.79 bits per heavy atom. The molecule has 1 N–H and O–H groups in total. The van der Waals surface area contributed by atoms with Crippen molar-refractivity contribution in [2.45, 2.75) is 44.7 Å². The molecule has 0 unspecified atom stereocenters. The van der Waals surface area contributed by atoms with Gasteiger partial charge in [-0.05, 0) is 44.0 Å². The van der Waals surface area contributed by atoms with Crippen molar-refractivity contribution in [1.29, 1.82) is 0 Å². The van der Waals surface area contributed by atoms with E-state index in [1.165, 1.54) is 31.4 Å². The number of anilines is 1. The zero-order chi connectivity index (χ0) is 13.1. The molecule has 2 fully saturated rings. The Morgan fingerprint density at radius 2 is 2.00 bits per heavy atom. The largest absolute Gasteiger partial charge is 0.494 e. The summed E-state index contributed by atoms with van der Waals surface area (Å²) in [7, 11) is 0. The molecule has 1 saturated heterocycles. The minimum Gasteiger partial charge on any atom is -0.494 e. The van der Waals surface area contributed by atoms with E-state index in [1.54, 1.807) is 0 Å². The van der Waals surface area contributed by atoms with E-state index in [4.69, 9.17) is 4.74 Å². The second-order valence-electron chi connectivity index (χ2n) is 5.53. The maximum Gasteiger partial charge on any atom is 0.119 e. The molecule has 3 rings (SSSR count). The Balaban J connectivity index is 1.75. The van der Waals surface area contributed by atoms with Gasteiger partial charge < -0.3 is 15.0 Å². The number of piperazine rings is 1. The Morgan fingerprint density at radius 1 is 1.21 bits per heavy atom. The van der Waals surface area contributed by atoms with Crippen molar-refractivity contribution in [3.8, 4) is 5.75 Å². The van der Waals surface area contributed by atoms with E-state index in [0.29, 0.717) is 12.1 Å². The lowest BCUT2D eigenvalue weighted by Gasteiger charge is -2.46. The molecule has 104 valence electrons. The lowest BCUT2D eigenvalue weighted by atomic mass is 9.87. The van der Waals surface area contributed by atoms with Crippen molar-refractivity contribution >= 4 is 5.69 Å². The van der Waals surface area contributed by atoms with Crippen molar-refractivity contribution in [2.75, 3.05) is 24.6 Å². The summed E-state index contributed by atoms with van der Waals surface area (Å²) < 4.78 is 5.52. The molecule has 3 heteroatoms. The van der Waals surface area contributed by atoms with Crippen LogP contribution in [0.5, 0.6) is 5.75 Å². The molecular formula is C16H24N2O. The van der Waals surface area contributed by atoms with Gasteiger partial charge in [-0.25, -0.2) is 0 Å². The zero-order valence-corrected chi connectivity index (χ0v) is 11.8. The molecule has 0 radical (unpaired) electrons. The van der Waals surface area contributed by atoms with Crippen LogP contribution in [0.15, 0.2) is 24.3 Å². The third kappa shape index (κ3) is 2.71. The second kappa shape index (κ2) is 5.83. The van der Waals surface area contributed by atoms with Crippen LogP contribution in [-0.4, -0.2) is 31.8 Å². The van der Waals surface area contributed by atoms with E-state index < -0.39 is 0 Å². The molecule has 1 heterocycles. The molecule has 1 aromatic carbocycles. The molecule has 3 nitrogen and oxygen atoms in total. The standard InChI is InChI=1S/C16H24N2O/c1-2-19-14-9-7-13(8-10-14)18-12-11-17-15-5-3-4-6-16(15)18/h7-10,15-17H,2-6,11-12H2,1H3/t15-,16+/m0/s1. The molecule has 1 aromatic rings. The number of ether oxygens (including phenoxy) is 1. The fourth-order valence-electron chi connectivity index (χ4n) is 3.48. The van der Waals surface area contributed by atoms with Crippen LogP contribution in [0, 0.1) is 0 Å². The fraction of sp³-hybridized carbons (Fsp3) is 0.625. The lowest BCUT2D eigenvalue weighted by Crippen LogP contribution is -2.59. The van der Waals surface area contributed by atoms with E-state index in [-0.39, 0.29) is 0 Å².